The molecule has 10 heteroatoms. The topological polar surface area (TPSA) is 86.9 Å². The van der Waals surface area contributed by atoms with Gasteiger partial charge in [0, 0.05) is 30.0 Å². The first-order valence-electron chi connectivity index (χ1n) is 9.48. The second-order valence-corrected chi connectivity index (χ2v) is 9.73. The molecule has 1 aromatic carbocycles. The third-order valence-corrected chi connectivity index (χ3v) is 7.83. The number of rotatable bonds is 4. The molecule has 6 nitrogen and oxygen atoms in total. The Bertz CT molecular complexity index is 1180. The lowest BCUT2D eigenvalue weighted by molar-refractivity contribution is -0.139. The number of halogens is 3. The van der Waals surface area contributed by atoms with Gasteiger partial charge in [0.15, 0.2) is 4.87 Å². The molecule has 0 spiro atoms. The number of anilines is 1. The minimum atomic E-state index is -4.79. The highest BCUT2D eigenvalue weighted by atomic mass is 32.2. The number of aromatic nitrogens is 2. The van der Waals surface area contributed by atoms with Gasteiger partial charge < -0.3 is 15.6 Å². The highest BCUT2D eigenvalue weighted by Gasteiger charge is 2.49. The van der Waals surface area contributed by atoms with Crippen LogP contribution < -0.4 is 10.6 Å². The van der Waals surface area contributed by atoms with Crippen molar-refractivity contribution in [3.63, 3.8) is 0 Å². The van der Waals surface area contributed by atoms with Crippen LogP contribution in [0.15, 0.2) is 47.6 Å². The summed E-state index contributed by atoms with van der Waals surface area (Å²) in [4.78, 5) is 4.79. The molecule has 3 aromatic rings. The fraction of sp³-hybridized carbons (Fsp3) is 0.350. The lowest BCUT2D eigenvalue weighted by Crippen LogP contribution is -2.56. The Balaban J connectivity index is 1.88. The van der Waals surface area contributed by atoms with Crippen LogP contribution in [0.25, 0.3) is 11.0 Å². The normalized spacial score (nSPS) is 20.4. The number of fused-ring (bicyclic) bond motifs is 1. The van der Waals surface area contributed by atoms with Crippen molar-refractivity contribution in [2.24, 2.45) is 0 Å². The average molecular weight is 438 g/mol. The molecule has 1 aliphatic rings. The predicted octanol–water partition coefficient (Wildman–Crippen LogP) is 3.86. The van der Waals surface area contributed by atoms with Crippen molar-refractivity contribution < 1.29 is 21.6 Å². The Morgan fingerprint density at radius 2 is 2.00 bits per heavy atom. The first-order chi connectivity index (χ1) is 14.1. The molecule has 3 heterocycles. The van der Waals surface area contributed by atoms with Crippen molar-refractivity contribution in [2.45, 2.75) is 35.7 Å². The molecule has 30 heavy (non-hydrogen) atoms. The van der Waals surface area contributed by atoms with E-state index in [1.54, 1.807) is 18.3 Å². The molecule has 3 N–H and O–H groups in total. The van der Waals surface area contributed by atoms with E-state index in [1.165, 1.54) is 19.2 Å². The molecular formula is C20H21F3N4O2S. The maximum Gasteiger partial charge on any atom is 0.417 e. The van der Waals surface area contributed by atoms with Crippen molar-refractivity contribution in [3.8, 4) is 0 Å². The van der Waals surface area contributed by atoms with Crippen molar-refractivity contribution in [1.82, 2.24) is 15.3 Å². The zero-order valence-corrected chi connectivity index (χ0v) is 17.0. The molecule has 1 aliphatic heterocycles. The molecule has 0 saturated carbocycles. The van der Waals surface area contributed by atoms with E-state index < -0.39 is 31.3 Å². The number of H-pyrrole nitrogens is 1. The number of nitrogens with one attached hydrogen (secondary N) is 3. The zero-order chi connectivity index (χ0) is 21.6. The van der Waals surface area contributed by atoms with Crippen LogP contribution >= 0.6 is 0 Å². The first kappa shape index (κ1) is 20.7. The van der Waals surface area contributed by atoms with Gasteiger partial charge in [-0.25, -0.2) is 13.4 Å². The summed E-state index contributed by atoms with van der Waals surface area (Å²) in [7, 11) is -4.43. The summed E-state index contributed by atoms with van der Waals surface area (Å²) in [6.07, 6.45) is -0.930. The Morgan fingerprint density at radius 1 is 1.20 bits per heavy atom. The van der Waals surface area contributed by atoms with Crippen LogP contribution in [0.2, 0.25) is 0 Å². The summed E-state index contributed by atoms with van der Waals surface area (Å²) in [6, 6.07) is 6.70. The minimum Gasteiger partial charge on any atom is -0.365 e. The lowest BCUT2D eigenvalue weighted by Gasteiger charge is -2.39. The van der Waals surface area contributed by atoms with Crippen LogP contribution in [0.1, 0.15) is 24.0 Å². The van der Waals surface area contributed by atoms with Crippen molar-refractivity contribution in [3.05, 3.63) is 53.9 Å². The number of alkyl halides is 3. The number of nitrogens with zero attached hydrogens (tertiary/aromatic N) is 1. The molecule has 1 saturated heterocycles. The molecule has 0 radical (unpaired) electrons. The standard InChI is InChI=1S/C20H21F3N4O2S/c1-13-3-4-17(15(11-13)20(21,22)23)30(28,29)19(7-2-8-24-12-19)27-16-6-10-26-18-14(16)5-9-25-18/h3-6,9-11,24H,2,7-8,12H2,1H3,(H2,25,26,27)/t19-/m1/s1. The highest BCUT2D eigenvalue weighted by molar-refractivity contribution is 7.93. The molecule has 0 aliphatic carbocycles. The molecular weight excluding hydrogens is 417 g/mol. The SMILES string of the molecule is Cc1ccc(S(=O)(=O)[C@]2(Nc3ccnc4[nH]ccc34)CCCNC2)c(C(F)(F)F)c1. The number of aromatic amines is 1. The van der Waals surface area contributed by atoms with E-state index in [2.05, 4.69) is 20.6 Å². The van der Waals surface area contributed by atoms with E-state index in [4.69, 9.17) is 0 Å². The summed E-state index contributed by atoms with van der Waals surface area (Å²) < 4.78 is 68.7. The van der Waals surface area contributed by atoms with Crippen molar-refractivity contribution in [2.75, 3.05) is 18.4 Å². The number of hydrogen-bond donors (Lipinski definition) is 3. The molecule has 4 rings (SSSR count). The molecule has 0 amide bonds. The van der Waals surface area contributed by atoms with Gasteiger partial charge in [0.1, 0.15) is 5.65 Å². The van der Waals surface area contributed by atoms with E-state index >= 15 is 0 Å². The first-order valence-corrected chi connectivity index (χ1v) is 11.0. The number of aryl methyl sites for hydroxylation is 1. The molecule has 160 valence electrons. The van der Waals surface area contributed by atoms with E-state index in [0.717, 1.165) is 12.1 Å². The van der Waals surface area contributed by atoms with E-state index in [-0.39, 0.29) is 13.0 Å². The van der Waals surface area contributed by atoms with Gasteiger partial charge in [-0.1, -0.05) is 11.6 Å². The highest BCUT2D eigenvalue weighted by Crippen LogP contribution is 2.41. The fourth-order valence-corrected chi connectivity index (χ4v) is 5.99. The summed E-state index contributed by atoms with van der Waals surface area (Å²) in [5, 5.41) is 6.78. The third kappa shape index (κ3) is 3.43. The Morgan fingerprint density at radius 3 is 2.70 bits per heavy atom. The van der Waals surface area contributed by atoms with E-state index in [1.807, 2.05) is 0 Å². The summed E-state index contributed by atoms with van der Waals surface area (Å²) in [5.74, 6) is 0. The largest absolute Gasteiger partial charge is 0.417 e. The van der Waals surface area contributed by atoms with Gasteiger partial charge in [-0.15, -0.1) is 0 Å². The Kier molecular flexibility index (Phi) is 5.01. The van der Waals surface area contributed by atoms with E-state index in [9.17, 15) is 21.6 Å². The van der Waals surface area contributed by atoms with Crippen LogP contribution in [0.5, 0.6) is 0 Å². The minimum absolute atomic E-state index is 0.0191. The number of hydrogen-bond acceptors (Lipinski definition) is 5. The molecule has 0 unspecified atom stereocenters. The van der Waals surface area contributed by atoms with Crippen molar-refractivity contribution >= 4 is 26.6 Å². The van der Waals surface area contributed by atoms with Gasteiger partial charge in [0.05, 0.1) is 10.5 Å². The maximum atomic E-state index is 13.7. The predicted molar refractivity (Wildman–Crippen MR) is 108 cm³/mol. The molecule has 1 atom stereocenters. The number of pyridine rings is 1. The van der Waals surface area contributed by atoms with Gasteiger partial charge in [-0.3, -0.25) is 0 Å². The van der Waals surface area contributed by atoms with Crippen LogP contribution in [0.3, 0.4) is 0 Å². The average Bonchev–Trinajstić information content (AvgIpc) is 3.18. The second kappa shape index (κ2) is 7.28. The third-order valence-electron chi connectivity index (χ3n) is 5.41. The van der Waals surface area contributed by atoms with E-state index in [0.29, 0.717) is 35.2 Å². The van der Waals surface area contributed by atoms with Crippen LogP contribution in [0.4, 0.5) is 18.9 Å². The van der Waals surface area contributed by atoms with Gasteiger partial charge >= 0.3 is 6.18 Å². The summed E-state index contributed by atoms with van der Waals surface area (Å²) >= 11 is 0. The quantitative estimate of drug-likeness (QED) is 0.576. The summed E-state index contributed by atoms with van der Waals surface area (Å²) in [5.41, 5.74) is 0.251. The fourth-order valence-electron chi connectivity index (χ4n) is 3.91. The smallest absolute Gasteiger partial charge is 0.365 e. The molecule has 2 aromatic heterocycles. The lowest BCUT2D eigenvalue weighted by atomic mass is 10.1. The number of piperidine rings is 1. The number of benzene rings is 1. The van der Waals surface area contributed by atoms with Gasteiger partial charge in [-0.05, 0) is 50.6 Å². The van der Waals surface area contributed by atoms with Crippen molar-refractivity contribution in [1.29, 1.82) is 0 Å². The van der Waals surface area contributed by atoms with Crippen LogP contribution in [0, 0.1) is 6.92 Å². The maximum absolute atomic E-state index is 13.7. The van der Waals surface area contributed by atoms with Gasteiger partial charge in [0.2, 0.25) is 9.84 Å². The number of sulfone groups is 1. The second-order valence-electron chi connectivity index (χ2n) is 7.50. The zero-order valence-electron chi connectivity index (χ0n) is 16.2. The van der Waals surface area contributed by atoms with Gasteiger partial charge in [0.25, 0.3) is 0 Å². The Hall–Kier alpha value is -2.59. The molecule has 0 bridgehead atoms. The monoisotopic (exact) mass is 438 g/mol. The van der Waals surface area contributed by atoms with Crippen LogP contribution in [-0.4, -0.2) is 36.3 Å². The Labute approximate surface area is 171 Å². The summed E-state index contributed by atoms with van der Waals surface area (Å²) in [6.45, 7) is 2.07. The van der Waals surface area contributed by atoms with Gasteiger partial charge in [-0.2, -0.15) is 13.2 Å². The van der Waals surface area contributed by atoms with Crippen LogP contribution in [-0.2, 0) is 16.0 Å². The molecule has 1 fully saturated rings.